The molecule has 0 radical (unpaired) electrons. The van der Waals surface area contributed by atoms with E-state index in [4.69, 9.17) is 14.8 Å². The summed E-state index contributed by atoms with van der Waals surface area (Å²) in [6.45, 7) is 4.24. The van der Waals surface area contributed by atoms with Gasteiger partial charge in [-0.2, -0.15) is 4.98 Å². The zero-order chi connectivity index (χ0) is 20.9. The largest absolute Gasteiger partial charge is 0.496 e. The van der Waals surface area contributed by atoms with E-state index in [0.29, 0.717) is 23.9 Å². The number of ether oxygens (including phenoxy) is 1. The van der Waals surface area contributed by atoms with Crippen molar-refractivity contribution in [1.29, 1.82) is 0 Å². The van der Waals surface area contributed by atoms with Crippen molar-refractivity contribution in [2.24, 2.45) is 5.41 Å². The summed E-state index contributed by atoms with van der Waals surface area (Å²) in [6.07, 6.45) is 4.78. The number of nitrogens with one attached hydrogen (secondary N) is 1. The third-order valence-electron chi connectivity index (χ3n) is 5.70. The molecule has 0 bridgehead atoms. The SMILES string of the molecule is COc1ccccc1-c1nc2n(n1)C(c1ccncc1)C1=C(CC(C)(C)CC1=O)N2. The number of nitrogens with zero attached hydrogens (tertiary/aromatic N) is 4. The van der Waals surface area contributed by atoms with E-state index in [9.17, 15) is 4.79 Å². The first kappa shape index (κ1) is 18.5. The number of anilines is 1. The molecule has 0 saturated heterocycles. The number of carbonyl (C=O) groups is 1. The Morgan fingerprint density at radius 3 is 2.67 bits per heavy atom. The average Bonchev–Trinajstić information content (AvgIpc) is 3.15. The summed E-state index contributed by atoms with van der Waals surface area (Å²) >= 11 is 0. The molecule has 1 aliphatic heterocycles. The lowest BCUT2D eigenvalue weighted by Gasteiger charge is -2.38. The molecule has 30 heavy (non-hydrogen) atoms. The fourth-order valence-corrected chi connectivity index (χ4v) is 4.41. The number of aromatic nitrogens is 4. The van der Waals surface area contributed by atoms with E-state index in [-0.39, 0.29) is 17.2 Å². The Balaban J connectivity index is 1.69. The second-order valence-electron chi connectivity index (χ2n) is 8.55. The van der Waals surface area contributed by atoms with E-state index in [1.807, 2.05) is 41.1 Å². The van der Waals surface area contributed by atoms with Crippen LogP contribution in [-0.2, 0) is 4.79 Å². The van der Waals surface area contributed by atoms with Crippen molar-refractivity contribution in [3.63, 3.8) is 0 Å². The minimum atomic E-state index is -0.334. The number of hydrogen-bond acceptors (Lipinski definition) is 6. The predicted octanol–water partition coefficient (Wildman–Crippen LogP) is 4.01. The van der Waals surface area contributed by atoms with E-state index >= 15 is 0 Å². The molecule has 2 aromatic heterocycles. The molecule has 1 atom stereocenters. The van der Waals surface area contributed by atoms with Gasteiger partial charge in [0, 0.05) is 30.1 Å². The predicted molar refractivity (Wildman–Crippen MR) is 113 cm³/mol. The number of rotatable bonds is 3. The molecule has 0 fully saturated rings. The summed E-state index contributed by atoms with van der Waals surface area (Å²) < 4.78 is 7.31. The van der Waals surface area contributed by atoms with Gasteiger partial charge in [-0.3, -0.25) is 9.78 Å². The Kier molecular flexibility index (Phi) is 4.20. The number of hydrogen-bond donors (Lipinski definition) is 1. The number of methoxy groups -OCH3 is 1. The second-order valence-corrected chi connectivity index (χ2v) is 8.55. The molecule has 7 nitrogen and oxygen atoms in total. The zero-order valence-electron chi connectivity index (χ0n) is 17.2. The number of ketones is 1. The van der Waals surface area contributed by atoms with Gasteiger partial charge in [-0.1, -0.05) is 26.0 Å². The highest BCUT2D eigenvalue weighted by Crippen LogP contribution is 2.45. The average molecular weight is 401 g/mol. The van der Waals surface area contributed by atoms with Gasteiger partial charge in [0.15, 0.2) is 11.6 Å². The van der Waals surface area contributed by atoms with Gasteiger partial charge in [-0.05, 0) is 41.7 Å². The van der Waals surface area contributed by atoms with Crippen molar-refractivity contribution in [2.45, 2.75) is 32.7 Å². The van der Waals surface area contributed by atoms with Crippen LogP contribution in [0.5, 0.6) is 5.75 Å². The van der Waals surface area contributed by atoms with Gasteiger partial charge >= 0.3 is 0 Å². The molecule has 2 aliphatic rings. The van der Waals surface area contributed by atoms with Gasteiger partial charge in [0.1, 0.15) is 11.8 Å². The van der Waals surface area contributed by atoms with Gasteiger partial charge in [0.2, 0.25) is 5.95 Å². The molecule has 1 unspecified atom stereocenters. The van der Waals surface area contributed by atoms with Crippen molar-refractivity contribution in [3.8, 4) is 17.1 Å². The summed E-state index contributed by atoms with van der Waals surface area (Å²) in [5.41, 5.74) is 3.37. The van der Waals surface area contributed by atoms with Crippen LogP contribution in [0.15, 0.2) is 60.1 Å². The van der Waals surface area contributed by atoms with Gasteiger partial charge in [0.25, 0.3) is 0 Å². The smallest absolute Gasteiger partial charge is 0.226 e. The zero-order valence-corrected chi connectivity index (χ0v) is 17.2. The highest BCUT2D eigenvalue weighted by Gasteiger charge is 2.42. The second kappa shape index (κ2) is 6.79. The molecule has 1 aliphatic carbocycles. The molecule has 0 amide bonds. The highest BCUT2D eigenvalue weighted by molar-refractivity contribution is 6.00. The minimum absolute atomic E-state index is 0.0978. The third-order valence-corrected chi connectivity index (χ3v) is 5.70. The van der Waals surface area contributed by atoms with Crippen molar-refractivity contribution in [2.75, 3.05) is 12.4 Å². The first-order valence-corrected chi connectivity index (χ1v) is 10.00. The maximum atomic E-state index is 13.2. The molecule has 0 spiro atoms. The van der Waals surface area contributed by atoms with Gasteiger partial charge in [0.05, 0.1) is 12.7 Å². The minimum Gasteiger partial charge on any atom is -0.496 e. The fraction of sp³-hybridized carbons (Fsp3) is 0.304. The van der Waals surface area contributed by atoms with Gasteiger partial charge in [-0.15, -0.1) is 5.10 Å². The maximum Gasteiger partial charge on any atom is 0.226 e. The summed E-state index contributed by atoms with van der Waals surface area (Å²) in [7, 11) is 1.63. The Labute approximate surface area is 174 Å². The van der Waals surface area contributed by atoms with Crippen molar-refractivity contribution < 1.29 is 9.53 Å². The number of Topliss-reactive ketones (excluding diaryl/α,β-unsaturated/α-hetero) is 1. The van der Waals surface area contributed by atoms with Gasteiger partial charge in [-0.25, -0.2) is 4.68 Å². The lowest BCUT2D eigenvalue weighted by molar-refractivity contribution is -0.118. The molecule has 7 heteroatoms. The molecule has 3 aromatic rings. The van der Waals surface area contributed by atoms with Crippen LogP contribution in [-0.4, -0.2) is 32.6 Å². The number of carbonyl (C=O) groups excluding carboxylic acids is 1. The molecular weight excluding hydrogens is 378 g/mol. The first-order valence-electron chi connectivity index (χ1n) is 10.00. The quantitative estimate of drug-likeness (QED) is 0.714. The number of allylic oxidation sites excluding steroid dienone is 2. The van der Waals surface area contributed by atoms with Crippen LogP contribution >= 0.6 is 0 Å². The number of para-hydroxylation sites is 1. The van der Waals surface area contributed by atoms with E-state index < -0.39 is 0 Å². The molecule has 5 rings (SSSR count). The number of pyridine rings is 1. The Hall–Kier alpha value is -3.48. The molecule has 1 N–H and O–H groups in total. The lowest BCUT2D eigenvalue weighted by Crippen LogP contribution is -2.36. The maximum absolute atomic E-state index is 13.2. The van der Waals surface area contributed by atoms with Crippen molar-refractivity contribution in [3.05, 3.63) is 65.6 Å². The normalized spacial score (nSPS) is 19.7. The van der Waals surface area contributed by atoms with Crippen LogP contribution in [0.3, 0.4) is 0 Å². The van der Waals surface area contributed by atoms with Crippen LogP contribution in [0.2, 0.25) is 0 Å². The van der Waals surface area contributed by atoms with Crippen LogP contribution in [0.1, 0.15) is 38.3 Å². The number of benzene rings is 1. The summed E-state index contributed by atoms with van der Waals surface area (Å²) in [5.74, 6) is 2.04. The monoisotopic (exact) mass is 401 g/mol. The van der Waals surface area contributed by atoms with Crippen molar-refractivity contribution in [1.82, 2.24) is 19.7 Å². The highest BCUT2D eigenvalue weighted by atomic mass is 16.5. The van der Waals surface area contributed by atoms with E-state index in [2.05, 4.69) is 24.1 Å². The summed E-state index contributed by atoms with van der Waals surface area (Å²) in [6, 6.07) is 11.2. The van der Waals surface area contributed by atoms with Crippen LogP contribution in [0.4, 0.5) is 5.95 Å². The lowest BCUT2D eigenvalue weighted by atomic mass is 9.73. The van der Waals surface area contributed by atoms with Crippen LogP contribution in [0, 0.1) is 5.41 Å². The molecule has 0 saturated carbocycles. The third kappa shape index (κ3) is 2.98. The summed E-state index contributed by atoms with van der Waals surface area (Å²) in [5, 5.41) is 8.21. The molecule has 152 valence electrons. The molecule has 1 aromatic carbocycles. The standard InChI is InChI=1S/C23H23N5O2/c1-23(2)12-16-19(17(29)13-23)20(14-8-10-24-11-9-14)28-22(25-16)26-21(27-28)15-6-4-5-7-18(15)30-3/h4-11,20H,12-13H2,1-3H3,(H,25,26,27). The van der Waals surface area contributed by atoms with Crippen LogP contribution in [0.25, 0.3) is 11.4 Å². The fourth-order valence-electron chi connectivity index (χ4n) is 4.41. The van der Waals surface area contributed by atoms with Crippen molar-refractivity contribution >= 4 is 11.7 Å². The Morgan fingerprint density at radius 2 is 1.90 bits per heavy atom. The first-order chi connectivity index (χ1) is 14.5. The van der Waals surface area contributed by atoms with E-state index in [1.54, 1.807) is 19.5 Å². The topological polar surface area (TPSA) is 81.9 Å². The molecule has 3 heterocycles. The summed E-state index contributed by atoms with van der Waals surface area (Å²) in [4.78, 5) is 22.1. The van der Waals surface area contributed by atoms with Crippen LogP contribution < -0.4 is 10.1 Å². The Bertz CT molecular complexity index is 1160. The van der Waals surface area contributed by atoms with Gasteiger partial charge < -0.3 is 10.1 Å². The Morgan fingerprint density at radius 1 is 1.13 bits per heavy atom. The van der Waals surface area contributed by atoms with E-state index in [0.717, 1.165) is 28.8 Å². The van der Waals surface area contributed by atoms with E-state index in [1.165, 1.54) is 0 Å². The number of fused-ring (bicyclic) bond motifs is 1. The molecular formula is C23H23N5O2.